The summed E-state index contributed by atoms with van der Waals surface area (Å²) in [5.74, 6) is 1.66. The molecule has 17 heavy (non-hydrogen) atoms. The van der Waals surface area contributed by atoms with Gasteiger partial charge in [-0.1, -0.05) is 27.7 Å². The Morgan fingerprint density at radius 1 is 1.24 bits per heavy atom. The molecule has 0 aliphatic rings. The third-order valence-electron chi connectivity index (χ3n) is 2.57. The normalized spacial score (nSPS) is 14.2. The minimum atomic E-state index is -2.80. The number of hydrogen-bond acceptors (Lipinski definition) is 4. The van der Waals surface area contributed by atoms with Crippen molar-refractivity contribution in [2.75, 3.05) is 23.8 Å². The first kappa shape index (κ1) is 17.3. The van der Waals surface area contributed by atoms with Crippen LogP contribution in [-0.2, 0) is 9.84 Å². The molecule has 0 rings (SSSR count). The van der Waals surface area contributed by atoms with E-state index in [1.54, 1.807) is 6.92 Å². The summed E-state index contributed by atoms with van der Waals surface area (Å²) in [6.07, 6.45) is 1.72. The molecule has 3 nitrogen and oxygen atoms in total. The second-order valence-electron chi connectivity index (χ2n) is 4.52. The molecular weight excluding hydrogens is 254 g/mol. The van der Waals surface area contributed by atoms with Gasteiger partial charge in [0.25, 0.3) is 0 Å². The van der Waals surface area contributed by atoms with Crippen LogP contribution in [0.3, 0.4) is 0 Å². The lowest BCUT2D eigenvalue weighted by Crippen LogP contribution is -2.32. The zero-order chi connectivity index (χ0) is 13.3. The molecule has 1 atom stereocenters. The van der Waals surface area contributed by atoms with Gasteiger partial charge in [-0.3, -0.25) is 0 Å². The third kappa shape index (κ3) is 9.92. The molecule has 0 bridgehead atoms. The van der Waals surface area contributed by atoms with Gasteiger partial charge in [-0.05, 0) is 24.6 Å². The molecule has 0 aliphatic carbocycles. The number of rotatable bonds is 10. The standard InChI is InChI=1S/C12H27NO2S2/c1-5-13-12(10-16-11(3)4)8-7-9-17(14,15)6-2/h11-13H,5-10H2,1-4H3. The largest absolute Gasteiger partial charge is 0.313 e. The van der Waals surface area contributed by atoms with Gasteiger partial charge in [-0.25, -0.2) is 8.42 Å². The number of hydrogen-bond donors (Lipinski definition) is 1. The zero-order valence-electron chi connectivity index (χ0n) is 11.5. The monoisotopic (exact) mass is 281 g/mol. The van der Waals surface area contributed by atoms with Crippen molar-refractivity contribution >= 4 is 21.6 Å². The van der Waals surface area contributed by atoms with E-state index in [1.165, 1.54) is 0 Å². The maximum atomic E-state index is 11.4. The first-order valence-electron chi connectivity index (χ1n) is 6.46. The second kappa shape index (κ2) is 9.22. The lowest BCUT2D eigenvalue weighted by Gasteiger charge is -2.18. The van der Waals surface area contributed by atoms with Crippen LogP contribution in [0.1, 0.15) is 40.5 Å². The maximum absolute atomic E-state index is 11.4. The Morgan fingerprint density at radius 3 is 2.35 bits per heavy atom. The van der Waals surface area contributed by atoms with Crippen molar-refractivity contribution in [3.63, 3.8) is 0 Å². The van der Waals surface area contributed by atoms with E-state index >= 15 is 0 Å². The van der Waals surface area contributed by atoms with Gasteiger partial charge in [0.1, 0.15) is 9.84 Å². The van der Waals surface area contributed by atoms with E-state index in [0.29, 0.717) is 17.0 Å². The van der Waals surface area contributed by atoms with Crippen molar-refractivity contribution in [1.29, 1.82) is 0 Å². The van der Waals surface area contributed by atoms with E-state index in [2.05, 4.69) is 26.1 Å². The molecule has 0 spiro atoms. The molecule has 0 radical (unpaired) electrons. The van der Waals surface area contributed by atoms with Gasteiger partial charge in [0.05, 0.1) is 5.75 Å². The molecule has 1 unspecified atom stereocenters. The van der Waals surface area contributed by atoms with Crippen molar-refractivity contribution in [2.45, 2.75) is 51.8 Å². The van der Waals surface area contributed by atoms with Crippen LogP contribution < -0.4 is 5.32 Å². The third-order valence-corrected chi connectivity index (χ3v) is 5.62. The minimum absolute atomic E-state index is 0.264. The van der Waals surface area contributed by atoms with Crippen LogP contribution in [0, 0.1) is 0 Å². The van der Waals surface area contributed by atoms with E-state index in [4.69, 9.17) is 0 Å². The number of sulfone groups is 1. The summed E-state index contributed by atoms with van der Waals surface area (Å²) in [6, 6.07) is 0.444. The van der Waals surface area contributed by atoms with Crippen molar-refractivity contribution < 1.29 is 8.42 Å². The molecule has 0 amide bonds. The molecular formula is C12H27NO2S2. The Morgan fingerprint density at radius 2 is 1.88 bits per heavy atom. The summed E-state index contributed by atoms with van der Waals surface area (Å²) in [4.78, 5) is 0. The average molecular weight is 281 g/mol. The summed E-state index contributed by atoms with van der Waals surface area (Å²) in [6.45, 7) is 9.13. The van der Waals surface area contributed by atoms with Crippen LogP contribution in [-0.4, -0.2) is 43.5 Å². The van der Waals surface area contributed by atoms with Gasteiger partial charge < -0.3 is 5.32 Å². The fraction of sp³-hybridized carbons (Fsp3) is 1.00. The van der Waals surface area contributed by atoms with Gasteiger partial charge in [-0.2, -0.15) is 11.8 Å². The first-order valence-corrected chi connectivity index (χ1v) is 9.33. The molecule has 0 aromatic heterocycles. The van der Waals surface area contributed by atoms with Crippen molar-refractivity contribution in [3.8, 4) is 0 Å². The van der Waals surface area contributed by atoms with Gasteiger partial charge in [-0.15, -0.1) is 0 Å². The Bertz CT molecular complexity index is 276. The lowest BCUT2D eigenvalue weighted by atomic mass is 10.2. The Hall–Kier alpha value is 0.260. The highest BCUT2D eigenvalue weighted by Gasteiger charge is 2.12. The molecule has 1 N–H and O–H groups in total. The van der Waals surface area contributed by atoms with Crippen molar-refractivity contribution in [3.05, 3.63) is 0 Å². The first-order chi connectivity index (χ1) is 7.91. The van der Waals surface area contributed by atoms with Gasteiger partial charge >= 0.3 is 0 Å². The molecule has 0 fully saturated rings. The molecule has 0 aromatic carbocycles. The topological polar surface area (TPSA) is 46.2 Å². The highest BCUT2D eigenvalue weighted by atomic mass is 32.2. The summed E-state index contributed by atoms with van der Waals surface area (Å²) >= 11 is 1.93. The molecule has 0 saturated carbocycles. The van der Waals surface area contributed by atoms with Crippen LogP contribution in [0.5, 0.6) is 0 Å². The molecule has 0 aromatic rings. The van der Waals surface area contributed by atoms with Crippen molar-refractivity contribution in [2.24, 2.45) is 0 Å². The summed E-state index contributed by atoms with van der Waals surface area (Å²) < 4.78 is 22.8. The van der Waals surface area contributed by atoms with Crippen LogP contribution in [0.15, 0.2) is 0 Å². The van der Waals surface area contributed by atoms with E-state index in [0.717, 1.165) is 25.1 Å². The van der Waals surface area contributed by atoms with Gasteiger partial charge in [0.15, 0.2) is 0 Å². The van der Waals surface area contributed by atoms with E-state index in [9.17, 15) is 8.42 Å². The fourth-order valence-corrected chi connectivity index (χ4v) is 3.33. The summed E-state index contributed by atoms with van der Waals surface area (Å²) in [5, 5.41) is 4.06. The highest BCUT2D eigenvalue weighted by Crippen LogP contribution is 2.13. The second-order valence-corrected chi connectivity index (χ2v) is 8.60. The predicted octanol–water partition coefficient (Wildman–Crippen LogP) is 2.32. The van der Waals surface area contributed by atoms with Crippen LogP contribution in [0.2, 0.25) is 0 Å². The van der Waals surface area contributed by atoms with Crippen LogP contribution in [0.25, 0.3) is 0 Å². The van der Waals surface area contributed by atoms with E-state index in [1.807, 2.05) is 11.8 Å². The zero-order valence-corrected chi connectivity index (χ0v) is 13.2. The fourth-order valence-electron chi connectivity index (χ4n) is 1.54. The van der Waals surface area contributed by atoms with Crippen LogP contribution >= 0.6 is 11.8 Å². The molecule has 104 valence electrons. The predicted molar refractivity (Wildman–Crippen MR) is 78.6 cm³/mol. The van der Waals surface area contributed by atoms with Gasteiger partial charge in [0.2, 0.25) is 0 Å². The maximum Gasteiger partial charge on any atom is 0.150 e. The highest BCUT2D eigenvalue weighted by molar-refractivity contribution is 7.99. The van der Waals surface area contributed by atoms with Crippen molar-refractivity contribution in [1.82, 2.24) is 5.32 Å². The quantitative estimate of drug-likeness (QED) is 0.667. The van der Waals surface area contributed by atoms with E-state index in [-0.39, 0.29) is 5.75 Å². The number of thioether (sulfide) groups is 1. The lowest BCUT2D eigenvalue weighted by molar-refractivity contribution is 0.526. The SMILES string of the molecule is CCNC(CCCS(=O)(=O)CC)CSC(C)C. The van der Waals surface area contributed by atoms with Crippen LogP contribution in [0.4, 0.5) is 0 Å². The minimum Gasteiger partial charge on any atom is -0.313 e. The molecule has 0 heterocycles. The molecule has 5 heteroatoms. The smallest absolute Gasteiger partial charge is 0.150 e. The molecule has 0 saturated heterocycles. The molecule has 0 aliphatic heterocycles. The average Bonchev–Trinajstić information content (AvgIpc) is 2.25. The summed E-state index contributed by atoms with van der Waals surface area (Å²) in [5.41, 5.74) is 0. The number of nitrogens with one attached hydrogen (secondary N) is 1. The Labute approximate surface area is 111 Å². The van der Waals surface area contributed by atoms with E-state index < -0.39 is 9.84 Å². The summed E-state index contributed by atoms with van der Waals surface area (Å²) in [7, 11) is -2.80. The Balaban J connectivity index is 3.92. The van der Waals surface area contributed by atoms with Gasteiger partial charge in [0, 0.05) is 17.5 Å². The Kier molecular flexibility index (Phi) is 9.37.